The Morgan fingerprint density at radius 2 is 1.34 bits per heavy atom. The SMILES string of the molecule is COc1cc(O)c([C@@H](CC(=O)c2ccccc2)C(=O)c2ccccc2)cc1OC. The van der Waals surface area contributed by atoms with E-state index in [2.05, 4.69) is 0 Å². The van der Waals surface area contributed by atoms with E-state index < -0.39 is 5.92 Å². The fraction of sp³-hybridized carbons (Fsp3) is 0.167. The molecule has 0 aromatic heterocycles. The number of hydrogen-bond acceptors (Lipinski definition) is 5. The van der Waals surface area contributed by atoms with Gasteiger partial charge in [-0.1, -0.05) is 60.7 Å². The van der Waals surface area contributed by atoms with Gasteiger partial charge in [0.15, 0.2) is 23.1 Å². The largest absolute Gasteiger partial charge is 0.508 e. The van der Waals surface area contributed by atoms with Gasteiger partial charge in [-0.3, -0.25) is 9.59 Å². The van der Waals surface area contributed by atoms with E-state index in [9.17, 15) is 14.7 Å². The van der Waals surface area contributed by atoms with E-state index in [4.69, 9.17) is 9.47 Å². The maximum absolute atomic E-state index is 13.3. The summed E-state index contributed by atoms with van der Waals surface area (Å²) in [6.07, 6.45) is -0.0826. The minimum atomic E-state index is -0.870. The quantitative estimate of drug-likeness (QED) is 0.567. The average molecular weight is 390 g/mol. The molecule has 0 spiro atoms. The van der Waals surface area contributed by atoms with Gasteiger partial charge in [0, 0.05) is 29.2 Å². The van der Waals surface area contributed by atoms with Gasteiger partial charge in [0.05, 0.1) is 20.1 Å². The summed E-state index contributed by atoms with van der Waals surface area (Å²) in [4.78, 5) is 26.1. The number of rotatable bonds is 8. The highest BCUT2D eigenvalue weighted by Gasteiger charge is 2.29. The van der Waals surface area contributed by atoms with Crippen LogP contribution in [0.15, 0.2) is 72.8 Å². The van der Waals surface area contributed by atoms with Gasteiger partial charge in [0.1, 0.15) is 5.75 Å². The van der Waals surface area contributed by atoms with Crippen molar-refractivity contribution in [1.82, 2.24) is 0 Å². The Bertz CT molecular complexity index is 997. The third-order valence-corrected chi connectivity index (χ3v) is 4.77. The molecule has 0 saturated heterocycles. The van der Waals surface area contributed by atoms with Crippen LogP contribution in [0.3, 0.4) is 0 Å². The van der Waals surface area contributed by atoms with Crippen LogP contribution in [-0.4, -0.2) is 30.9 Å². The first-order valence-corrected chi connectivity index (χ1v) is 9.17. The topological polar surface area (TPSA) is 72.8 Å². The normalized spacial score (nSPS) is 11.5. The first-order valence-electron chi connectivity index (χ1n) is 9.17. The molecule has 1 atom stereocenters. The molecule has 5 nitrogen and oxygen atoms in total. The average Bonchev–Trinajstić information content (AvgIpc) is 2.78. The maximum atomic E-state index is 13.3. The number of phenols is 1. The van der Waals surface area contributed by atoms with Gasteiger partial charge in [0.2, 0.25) is 0 Å². The van der Waals surface area contributed by atoms with Crippen molar-refractivity contribution in [2.45, 2.75) is 12.3 Å². The molecule has 0 bridgehead atoms. The molecule has 0 saturated carbocycles. The van der Waals surface area contributed by atoms with Crippen LogP contribution in [-0.2, 0) is 0 Å². The van der Waals surface area contributed by atoms with E-state index >= 15 is 0 Å². The zero-order valence-corrected chi connectivity index (χ0v) is 16.3. The second-order valence-electron chi connectivity index (χ2n) is 6.54. The number of benzene rings is 3. The Balaban J connectivity index is 2.06. The van der Waals surface area contributed by atoms with Crippen molar-refractivity contribution in [3.63, 3.8) is 0 Å². The summed E-state index contributed by atoms with van der Waals surface area (Å²) >= 11 is 0. The Morgan fingerprint density at radius 3 is 1.90 bits per heavy atom. The fourth-order valence-electron chi connectivity index (χ4n) is 3.24. The highest BCUT2D eigenvalue weighted by Crippen LogP contribution is 2.40. The third kappa shape index (κ3) is 4.46. The molecule has 0 aliphatic carbocycles. The zero-order valence-electron chi connectivity index (χ0n) is 16.3. The van der Waals surface area contributed by atoms with Crippen LogP contribution in [0.4, 0.5) is 0 Å². The minimum Gasteiger partial charge on any atom is -0.508 e. The predicted molar refractivity (Wildman–Crippen MR) is 110 cm³/mol. The maximum Gasteiger partial charge on any atom is 0.170 e. The third-order valence-electron chi connectivity index (χ3n) is 4.77. The van der Waals surface area contributed by atoms with Crippen LogP contribution in [0.25, 0.3) is 0 Å². The highest BCUT2D eigenvalue weighted by atomic mass is 16.5. The van der Waals surface area contributed by atoms with Gasteiger partial charge in [0.25, 0.3) is 0 Å². The lowest BCUT2D eigenvalue weighted by molar-refractivity contribution is 0.0892. The number of methoxy groups -OCH3 is 2. The van der Waals surface area contributed by atoms with Crippen LogP contribution in [0.2, 0.25) is 0 Å². The Morgan fingerprint density at radius 1 is 0.828 bits per heavy atom. The number of hydrogen-bond donors (Lipinski definition) is 1. The van der Waals surface area contributed by atoms with E-state index in [0.29, 0.717) is 28.2 Å². The van der Waals surface area contributed by atoms with Crippen molar-refractivity contribution < 1.29 is 24.2 Å². The van der Waals surface area contributed by atoms with Crippen molar-refractivity contribution in [1.29, 1.82) is 0 Å². The molecule has 5 heteroatoms. The smallest absolute Gasteiger partial charge is 0.170 e. The number of carbonyl (C=O) groups excluding carboxylic acids is 2. The molecule has 3 aromatic rings. The summed E-state index contributed by atoms with van der Waals surface area (Å²) in [6.45, 7) is 0. The lowest BCUT2D eigenvalue weighted by atomic mass is 9.84. The molecule has 0 heterocycles. The van der Waals surface area contributed by atoms with Gasteiger partial charge in [-0.2, -0.15) is 0 Å². The number of phenolic OH excluding ortho intramolecular Hbond substituents is 1. The van der Waals surface area contributed by atoms with E-state index in [1.54, 1.807) is 54.6 Å². The molecule has 1 N–H and O–H groups in total. The Hall–Kier alpha value is -3.60. The van der Waals surface area contributed by atoms with Crippen LogP contribution < -0.4 is 9.47 Å². The minimum absolute atomic E-state index is 0.0826. The van der Waals surface area contributed by atoms with E-state index in [0.717, 1.165) is 0 Å². The molecule has 3 rings (SSSR count). The lowest BCUT2D eigenvalue weighted by Gasteiger charge is -2.19. The molecule has 0 fully saturated rings. The van der Waals surface area contributed by atoms with Crippen molar-refractivity contribution in [2.75, 3.05) is 14.2 Å². The number of ether oxygens (including phenoxy) is 2. The first-order chi connectivity index (χ1) is 14.0. The van der Waals surface area contributed by atoms with Crippen molar-refractivity contribution in [3.05, 3.63) is 89.5 Å². The Kier molecular flexibility index (Phi) is 6.29. The summed E-state index contributed by atoms with van der Waals surface area (Å²) in [5, 5.41) is 10.6. The zero-order chi connectivity index (χ0) is 20.8. The van der Waals surface area contributed by atoms with Crippen LogP contribution in [0.5, 0.6) is 17.2 Å². The first kappa shape index (κ1) is 20.1. The molecule has 3 aromatic carbocycles. The summed E-state index contributed by atoms with van der Waals surface area (Å²) in [5.41, 5.74) is 1.30. The van der Waals surface area contributed by atoms with Crippen LogP contribution >= 0.6 is 0 Å². The number of aromatic hydroxyl groups is 1. The highest BCUT2D eigenvalue weighted by molar-refractivity contribution is 6.06. The molecular weight excluding hydrogens is 368 g/mol. The molecule has 148 valence electrons. The second kappa shape index (κ2) is 9.06. The van der Waals surface area contributed by atoms with Crippen LogP contribution in [0.1, 0.15) is 38.6 Å². The summed E-state index contributed by atoms with van der Waals surface area (Å²) in [5.74, 6) is -0.721. The molecule has 0 unspecified atom stereocenters. The fourth-order valence-corrected chi connectivity index (χ4v) is 3.24. The Labute approximate surface area is 169 Å². The molecular formula is C24H22O5. The standard InChI is InChI=1S/C24H22O5/c1-28-22-14-18(21(26)15-23(22)29-2)19(24(27)17-11-7-4-8-12-17)13-20(25)16-9-5-3-6-10-16/h3-12,14-15,19,26H,13H2,1-2H3/t19-/m1/s1. The second-order valence-corrected chi connectivity index (χ2v) is 6.54. The molecule has 0 aliphatic rings. The van der Waals surface area contributed by atoms with Crippen molar-refractivity contribution in [2.24, 2.45) is 0 Å². The molecule has 0 radical (unpaired) electrons. The van der Waals surface area contributed by atoms with Crippen LogP contribution in [0, 0.1) is 0 Å². The summed E-state index contributed by atoms with van der Waals surface area (Å²) in [7, 11) is 2.93. The monoisotopic (exact) mass is 390 g/mol. The van der Waals surface area contributed by atoms with Gasteiger partial charge in [-0.05, 0) is 6.07 Å². The van der Waals surface area contributed by atoms with Gasteiger partial charge in [-0.15, -0.1) is 0 Å². The number of Topliss-reactive ketones (excluding diaryl/α,β-unsaturated/α-hetero) is 2. The van der Waals surface area contributed by atoms with Crippen molar-refractivity contribution >= 4 is 11.6 Å². The van der Waals surface area contributed by atoms with E-state index in [1.165, 1.54) is 20.3 Å². The van der Waals surface area contributed by atoms with Gasteiger partial charge < -0.3 is 14.6 Å². The predicted octanol–water partition coefficient (Wildman–Crippen LogP) is 4.65. The van der Waals surface area contributed by atoms with Crippen molar-refractivity contribution in [3.8, 4) is 17.2 Å². The van der Waals surface area contributed by atoms with Gasteiger partial charge >= 0.3 is 0 Å². The lowest BCUT2D eigenvalue weighted by Crippen LogP contribution is -2.18. The molecule has 0 aliphatic heterocycles. The number of carbonyl (C=O) groups is 2. The number of ketones is 2. The van der Waals surface area contributed by atoms with E-state index in [-0.39, 0.29) is 23.7 Å². The molecule has 0 amide bonds. The van der Waals surface area contributed by atoms with Gasteiger partial charge in [-0.25, -0.2) is 0 Å². The summed E-state index contributed by atoms with van der Waals surface area (Å²) < 4.78 is 10.5. The van der Waals surface area contributed by atoms with E-state index in [1.807, 2.05) is 12.1 Å². The molecule has 29 heavy (non-hydrogen) atoms. The summed E-state index contributed by atoms with van der Waals surface area (Å²) in [6, 6.07) is 20.5.